The molecule has 1 aromatic heterocycles. The molecule has 1 aliphatic rings. The van der Waals surface area contributed by atoms with Gasteiger partial charge in [-0.25, -0.2) is 9.79 Å². The average Bonchev–Trinajstić information content (AvgIpc) is 3.17. The first-order valence-corrected chi connectivity index (χ1v) is 8.21. The lowest BCUT2D eigenvalue weighted by atomic mass is 10.1. The Bertz CT molecular complexity index is 874. The summed E-state index contributed by atoms with van der Waals surface area (Å²) in [5.74, 6) is 0.363. The van der Waals surface area contributed by atoms with Gasteiger partial charge in [0.25, 0.3) is 5.69 Å². The van der Waals surface area contributed by atoms with Crippen LogP contribution in [0.5, 0.6) is 11.5 Å². The molecule has 1 aliphatic heterocycles. The lowest BCUT2D eigenvalue weighted by molar-refractivity contribution is -0.385. The zero-order valence-corrected chi connectivity index (χ0v) is 14.3. The zero-order valence-electron chi connectivity index (χ0n) is 13.5. The van der Waals surface area contributed by atoms with Crippen LogP contribution in [0, 0.1) is 17.0 Å². The summed E-state index contributed by atoms with van der Waals surface area (Å²) in [6, 6.07) is 4.55. The van der Waals surface area contributed by atoms with Crippen LogP contribution in [0.3, 0.4) is 0 Å². The number of nitro groups is 1. The van der Waals surface area contributed by atoms with Crippen molar-refractivity contribution in [1.29, 1.82) is 0 Å². The number of carbonyl (C=O) groups excluding carboxylic acids is 1. The molecule has 0 atom stereocenters. The van der Waals surface area contributed by atoms with E-state index in [1.807, 2.05) is 0 Å². The summed E-state index contributed by atoms with van der Waals surface area (Å²) in [6.45, 7) is 3.84. The van der Waals surface area contributed by atoms with Gasteiger partial charge in [-0.1, -0.05) is 0 Å². The summed E-state index contributed by atoms with van der Waals surface area (Å²) in [5, 5.41) is 11.8. The SMILES string of the molecule is CCOC(=O)c1sc(N=Cc2cc3c(cc2[N+](=O)[O-])OCO3)cc1C. The van der Waals surface area contributed by atoms with Gasteiger partial charge in [-0.3, -0.25) is 10.1 Å². The van der Waals surface area contributed by atoms with Crippen molar-refractivity contribution in [2.45, 2.75) is 13.8 Å². The summed E-state index contributed by atoms with van der Waals surface area (Å²) in [4.78, 5) is 27.3. The largest absolute Gasteiger partial charge is 0.462 e. The van der Waals surface area contributed by atoms with Gasteiger partial charge in [0.1, 0.15) is 9.88 Å². The third kappa shape index (κ3) is 3.45. The molecule has 0 N–H and O–H groups in total. The van der Waals surface area contributed by atoms with Crippen molar-refractivity contribution in [3.8, 4) is 11.5 Å². The predicted molar refractivity (Wildman–Crippen MR) is 91.5 cm³/mol. The van der Waals surface area contributed by atoms with Crippen LogP contribution in [0.2, 0.25) is 0 Å². The lowest BCUT2D eigenvalue weighted by Crippen LogP contribution is -2.03. The number of aryl methyl sites for hydroxylation is 1. The minimum Gasteiger partial charge on any atom is -0.462 e. The summed E-state index contributed by atoms with van der Waals surface area (Å²) in [7, 11) is 0. The van der Waals surface area contributed by atoms with Gasteiger partial charge in [0.05, 0.1) is 23.2 Å². The molecular weight excluding hydrogens is 348 g/mol. The van der Waals surface area contributed by atoms with Crippen LogP contribution in [0.25, 0.3) is 0 Å². The van der Waals surface area contributed by atoms with E-state index in [4.69, 9.17) is 14.2 Å². The molecule has 0 aliphatic carbocycles. The van der Waals surface area contributed by atoms with Crippen molar-refractivity contribution < 1.29 is 23.9 Å². The minimum atomic E-state index is -0.507. The molecule has 8 nitrogen and oxygen atoms in total. The Balaban J connectivity index is 1.91. The highest BCUT2D eigenvalue weighted by Gasteiger charge is 2.22. The van der Waals surface area contributed by atoms with Crippen LogP contribution in [-0.4, -0.2) is 30.5 Å². The van der Waals surface area contributed by atoms with Gasteiger partial charge in [-0.05, 0) is 31.5 Å². The van der Waals surface area contributed by atoms with Crippen LogP contribution >= 0.6 is 11.3 Å². The predicted octanol–water partition coefficient (Wildman–Crippen LogP) is 3.62. The number of hydrogen-bond acceptors (Lipinski definition) is 8. The van der Waals surface area contributed by atoms with E-state index in [0.29, 0.717) is 21.4 Å². The Hall–Kier alpha value is -2.94. The number of benzene rings is 1. The molecule has 0 fully saturated rings. The van der Waals surface area contributed by atoms with Crippen molar-refractivity contribution in [2.75, 3.05) is 13.4 Å². The van der Waals surface area contributed by atoms with Crippen LogP contribution in [-0.2, 0) is 4.74 Å². The third-order valence-electron chi connectivity index (χ3n) is 3.42. The molecular formula is C16H14N2O6S. The number of nitrogens with zero attached hydrogens (tertiary/aromatic N) is 2. The van der Waals surface area contributed by atoms with Crippen molar-refractivity contribution in [3.63, 3.8) is 0 Å². The fourth-order valence-corrected chi connectivity index (χ4v) is 3.18. The summed E-state index contributed by atoms with van der Waals surface area (Å²) in [6.07, 6.45) is 1.38. The molecule has 0 radical (unpaired) electrons. The number of ether oxygens (including phenoxy) is 3. The van der Waals surface area contributed by atoms with Crippen LogP contribution in [0.1, 0.15) is 27.7 Å². The number of esters is 1. The molecule has 130 valence electrons. The number of aliphatic imine (C=N–C) groups is 1. The van der Waals surface area contributed by atoms with Gasteiger partial charge < -0.3 is 14.2 Å². The van der Waals surface area contributed by atoms with Gasteiger partial charge in [0, 0.05) is 6.21 Å². The molecule has 1 aromatic carbocycles. The van der Waals surface area contributed by atoms with E-state index < -0.39 is 10.9 Å². The molecule has 2 aromatic rings. The number of carbonyl (C=O) groups is 1. The Morgan fingerprint density at radius 1 is 1.40 bits per heavy atom. The number of hydrogen-bond donors (Lipinski definition) is 0. The fourth-order valence-electron chi connectivity index (χ4n) is 2.27. The Kier molecular flexibility index (Phi) is 4.66. The normalized spacial score (nSPS) is 12.6. The first-order valence-electron chi connectivity index (χ1n) is 7.39. The Morgan fingerprint density at radius 3 is 2.80 bits per heavy atom. The van der Waals surface area contributed by atoms with E-state index >= 15 is 0 Å². The highest BCUT2D eigenvalue weighted by Crippen LogP contribution is 2.38. The quantitative estimate of drug-likeness (QED) is 0.348. The van der Waals surface area contributed by atoms with Gasteiger partial charge in [0.15, 0.2) is 11.5 Å². The maximum Gasteiger partial charge on any atom is 0.348 e. The van der Waals surface area contributed by atoms with E-state index in [1.165, 1.54) is 29.7 Å². The number of rotatable bonds is 5. The first kappa shape index (κ1) is 16.9. The summed E-state index contributed by atoms with van der Waals surface area (Å²) >= 11 is 1.17. The molecule has 0 saturated heterocycles. The summed E-state index contributed by atoms with van der Waals surface area (Å²) < 4.78 is 15.4. The van der Waals surface area contributed by atoms with E-state index in [2.05, 4.69) is 4.99 Å². The third-order valence-corrected chi connectivity index (χ3v) is 4.54. The highest BCUT2D eigenvalue weighted by atomic mass is 32.1. The number of thiophene rings is 1. The minimum absolute atomic E-state index is 0.0279. The zero-order chi connectivity index (χ0) is 18.0. The molecule has 0 spiro atoms. The number of fused-ring (bicyclic) bond motifs is 1. The van der Waals surface area contributed by atoms with Gasteiger partial charge in [-0.15, -0.1) is 11.3 Å². The first-order chi connectivity index (χ1) is 12.0. The Labute approximate surface area is 146 Å². The monoisotopic (exact) mass is 362 g/mol. The second-order valence-corrected chi connectivity index (χ2v) is 6.13. The van der Waals surface area contributed by atoms with E-state index in [9.17, 15) is 14.9 Å². The van der Waals surface area contributed by atoms with Crippen LogP contribution < -0.4 is 9.47 Å². The van der Waals surface area contributed by atoms with E-state index in [0.717, 1.165) is 5.56 Å². The van der Waals surface area contributed by atoms with Crippen molar-refractivity contribution in [2.24, 2.45) is 4.99 Å². The smallest absolute Gasteiger partial charge is 0.348 e. The second-order valence-electron chi connectivity index (χ2n) is 5.10. The molecule has 0 bridgehead atoms. The standard InChI is InChI=1S/C16H14N2O6S/c1-3-22-16(19)15-9(2)4-14(25-15)17-7-10-5-12-13(24-8-23-12)6-11(10)18(20)21/h4-7H,3,8H2,1-2H3. The van der Waals surface area contributed by atoms with Crippen molar-refractivity contribution in [3.05, 3.63) is 44.3 Å². The average molecular weight is 362 g/mol. The number of nitro benzene ring substituents is 1. The van der Waals surface area contributed by atoms with E-state index in [-0.39, 0.29) is 24.7 Å². The van der Waals surface area contributed by atoms with Crippen LogP contribution in [0.4, 0.5) is 10.7 Å². The molecule has 0 unspecified atom stereocenters. The molecule has 3 rings (SSSR count). The Morgan fingerprint density at radius 2 is 2.12 bits per heavy atom. The fraction of sp³-hybridized carbons (Fsp3) is 0.250. The van der Waals surface area contributed by atoms with Crippen molar-refractivity contribution >= 4 is 34.2 Å². The molecule has 2 heterocycles. The lowest BCUT2D eigenvalue weighted by Gasteiger charge is -2.00. The molecule has 9 heteroatoms. The van der Waals surface area contributed by atoms with E-state index in [1.54, 1.807) is 19.9 Å². The second kappa shape index (κ2) is 6.89. The highest BCUT2D eigenvalue weighted by molar-refractivity contribution is 7.17. The summed E-state index contributed by atoms with van der Waals surface area (Å²) in [5.41, 5.74) is 0.903. The maximum absolute atomic E-state index is 11.8. The van der Waals surface area contributed by atoms with Crippen LogP contribution in [0.15, 0.2) is 23.2 Å². The van der Waals surface area contributed by atoms with Gasteiger partial charge >= 0.3 is 5.97 Å². The van der Waals surface area contributed by atoms with Gasteiger partial charge in [0.2, 0.25) is 6.79 Å². The van der Waals surface area contributed by atoms with Crippen molar-refractivity contribution in [1.82, 2.24) is 0 Å². The molecule has 25 heavy (non-hydrogen) atoms. The van der Waals surface area contributed by atoms with Gasteiger partial charge in [-0.2, -0.15) is 0 Å². The molecule has 0 saturated carbocycles. The maximum atomic E-state index is 11.8. The topological polar surface area (TPSA) is 100 Å². The molecule has 0 amide bonds.